The van der Waals surface area contributed by atoms with E-state index in [0.717, 1.165) is 5.56 Å². The molecule has 0 saturated carbocycles. The van der Waals surface area contributed by atoms with Crippen LogP contribution in [0.15, 0.2) is 36.5 Å². The summed E-state index contributed by atoms with van der Waals surface area (Å²) >= 11 is 11.4. The van der Waals surface area contributed by atoms with E-state index in [0.29, 0.717) is 15.7 Å². The number of rotatable bonds is 1. The number of benzene rings is 1. The summed E-state index contributed by atoms with van der Waals surface area (Å²) in [4.78, 5) is 4.05. The summed E-state index contributed by atoms with van der Waals surface area (Å²) in [5.74, 6) is 0.0600. The van der Waals surface area contributed by atoms with E-state index in [-0.39, 0.29) is 5.75 Å². The number of aromatic hydroxyl groups is 1. The fourth-order valence-electron chi connectivity index (χ4n) is 1.26. The summed E-state index contributed by atoms with van der Waals surface area (Å²) in [6.07, 6.45) is 1.49. The van der Waals surface area contributed by atoms with Gasteiger partial charge in [0.15, 0.2) is 0 Å². The van der Waals surface area contributed by atoms with Crippen molar-refractivity contribution in [3.05, 3.63) is 46.6 Å². The van der Waals surface area contributed by atoms with Crippen LogP contribution in [0.25, 0.3) is 11.3 Å². The van der Waals surface area contributed by atoms with Crippen molar-refractivity contribution in [2.75, 3.05) is 0 Å². The molecule has 15 heavy (non-hydrogen) atoms. The van der Waals surface area contributed by atoms with Gasteiger partial charge in [0.25, 0.3) is 0 Å². The molecule has 0 fully saturated rings. The van der Waals surface area contributed by atoms with E-state index in [1.807, 2.05) is 0 Å². The van der Waals surface area contributed by atoms with Crippen LogP contribution in [-0.4, -0.2) is 10.1 Å². The van der Waals surface area contributed by atoms with E-state index >= 15 is 0 Å². The molecule has 0 radical (unpaired) electrons. The van der Waals surface area contributed by atoms with Gasteiger partial charge < -0.3 is 5.11 Å². The van der Waals surface area contributed by atoms with Crippen molar-refractivity contribution in [1.29, 1.82) is 0 Å². The number of halogens is 2. The molecule has 1 aromatic carbocycles. The van der Waals surface area contributed by atoms with Crippen LogP contribution in [0, 0.1) is 0 Å². The second-order valence-electron chi connectivity index (χ2n) is 3.03. The summed E-state index contributed by atoms with van der Waals surface area (Å²) in [5, 5.41) is 10.7. The minimum atomic E-state index is 0.0600. The standard InChI is InChI=1S/C11H7Cl2NO/c12-8-3-1-7(2-4-8)11-10(15)5-9(13)6-14-11/h1-6,15H. The average molecular weight is 240 g/mol. The van der Waals surface area contributed by atoms with Gasteiger partial charge in [-0.1, -0.05) is 35.3 Å². The van der Waals surface area contributed by atoms with Gasteiger partial charge in [-0.15, -0.1) is 0 Å². The highest BCUT2D eigenvalue weighted by molar-refractivity contribution is 6.31. The van der Waals surface area contributed by atoms with Crippen LogP contribution in [0.1, 0.15) is 0 Å². The first kappa shape index (κ1) is 10.3. The van der Waals surface area contributed by atoms with Crippen LogP contribution >= 0.6 is 23.2 Å². The Kier molecular flexibility index (Phi) is 2.80. The summed E-state index contributed by atoms with van der Waals surface area (Å²) < 4.78 is 0. The molecule has 0 bridgehead atoms. The molecular weight excluding hydrogens is 233 g/mol. The first-order valence-corrected chi connectivity index (χ1v) is 5.03. The summed E-state index contributed by atoms with van der Waals surface area (Å²) in [6, 6.07) is 8.52. The van der Waals surface area contributed by atoms with Crippen LogP contribution in [0.5, 0.6) is 5.75 Å². The molecule has 0 spiro atoms. The molecule has 4 heteroatoms. The van der Waals surface area contributed by atoms with Crippen molar-refractivity contribution in [3.8, 4) is 17.0 Å². The third-order valence-electron chi connectivity index (χ3n) is 1.95. The van der Waals surface area contributed by atoms with Gasteiger partial charge in [0.05, 0.1) is 5.02 Å². The Hall–Kier alpha value is -1.25. The van der Waals surface area contributed by atoms with Gasteiger partial charge in [-0.2, -0.15) is 0 Å². The lowest BCUT2D eigenvalue weighted by Gasteiger charge is -2.03. The first-order chi connectivity index (χ1) is 7.16. The highest BCUT2D eigenvalue weighted by Crippen LogP contribution is 2.29. The van der Waals surface area contributed by atoms with E-state index in [2.05, 4.69) is 4.98 Å². The van der Waals surface area contributed by atoms with Crippen LogP contribution in [0.4, 0.5) is 0 Å². The molecule has 0 aliphatic carbocycles. The highest BCUT2D eigenvalue weighted by atomic mass is 35.5. The van der Waals surface area contributed by atoms with Gasteiger partial charge >= 0.3 is 0 Å². The van der Waals surface area contributed by atoms with Crippen molar-refractivity contribution >= 4 is 23.2 Å². The van der Waals surface area contributed by atoms with Crippen molar-refractivity contribution in [2.45, 2.75) is 0 Å². The summed E-state index contributed by atoms with van der Waals surface area (Å²) in [7, 11) is 0. The average Bonchev–Trinajstić information content (AvgIpc) is 2.20. The molecule has 76 valence electrons. The summed E-state index contributed by atoms with van der Waals surface area (Å²) in [6.45, 7) is 0. The molecular formula is C11H7Cl2NO. The Morgan fingerprint density at radius 3 is 2.27 bits per heavy atom. The number of hydrogen-bond donors (Lipinski definition) is 1. The maximum absolute atomic E-state index is 9.63. The van der Waals surface area contributed by atoms with Crippen LogP contribution in [0.2, 0.25) is 10.0 Å². The molecule has 0 amide bonds. The third kappa shape index (κ3) is 2.22. The van der Waals surface area contributed by atoms with Crippen LogP contribution in [-0.2, 0) is 0 Å². The van der Waals surface area contributed by atoms with E-state index < -0.39 is 0 Å². The van der Waals surface area contributed by atoms with Crippen LogP contribution in [0.3, 0.4) is 0 Å². The maximum Gasteiger partial charge on any atom is 0.143 e. The van der Waals surface area contributed by atoms with Gasteiger partial charge in [-0.25, -0.2) is 0 Å². The molecule has 0 aliphatic heterocycles. The topological polar surface area (TPSA) is 33.1 Å². The van der Waals surface area contributed by atoms with Crippen molar-refractivity contribution in [1.82, 2.24) is 4.98 Å². The third-order valence-corrected chi connectivity index (χ3v) is 2.41. The zero-order valence-corrected chi connectivity index (χ0v) is 9.13. The molecule has 1 aromatic heterocycles. The Labute approximate surface area is 97.1 Å². The van der Waals surface area contributed by atoms with Crippen LogP contribution < -0.4 is 0 Å². The van der Waals surface area contributed by atoms with Gasteiger partial charge in [-0.05, 0) is 12.1 Å². The predicted octanol–water partition coefficient (Wildman–Crippen LogP) is 3.76. The molecule has 0 aliphatic rings. The quantitative estimate of drug-likeness (QED) is 0.823. The number of aromatic nitrogens is 1. The van der Waals surface area contributed by atoms with E-state index in [1.54, 1.807) is 24.3 Å². The minimum absolute atomic E-state index is 0.0600. The van der Waals surface area contributed by atoms with Gasteiger partial charge in [0.1, 0.15) is 11.4 Å². The van der Waals surface area contributed by atoms with E-state index in [4.69, 9.17) is 23.2 Å². The second kappa shape index (κ2) is 4.09. The smallest absolute Gasteiger partial charge is 0.143 e. The number of nitrogens with zero attached hydrogens (tertiary/aromatic N) is 1. The lowest BCUT2D eigenvalue weighted by atomic mass is 10.1. The Balaban J connectivity index is 2.49. The van der Waals surface area contributed by atoms with E-state index in [1.165, 1.54) is 12.3 Å². The van der Waals surface area contributed by atoms with Crippen molar-refractivity contribution in [3.63, 3.8) is 0 Å². The molecule has 0 saturated heterocycles. The lowest BCUT2D eigenvalue weighted by molar-refractivity contribution is 0.475. The second-order valence-corrected chi connectivity index (χ2v) is 3.90. The largest absolute Gasteiger partial charge is 0.506 e. The molecule has 0 atom stereocenters. The Morgan fingerprint density at radius 1 is 1.00 bits per heavy atom. The lowest BCUT2D eigenvalue weighted by Crippen LogP contribution is -1.83. The monoisotopic (exact) mass is 239 g/mol. The maximum atomic E-state index is 9.63. The number of hydrogen-bond acceptors (Lipinski definition) is 2. The molecule has 2 nitrogen and oxygen atoms in total. The molecule has 1 N–H and O–H groups in total. The predicted molar refractivity (Wildman–Crippen MR) is 61.4 cm³/mol. The SMILES string of the molecule is Oc1cc(Cl)cnc1-c1ccc(Cl)cc1. The van der Waals surface area contributed by atoms with Crippen molar-refractivity contribution < 1.29 is 5.11 Å². The van der Waals surface area contributed by atoms with Gasteiger partial charge in [0, 0.05) is 22.8 Å². The number of pyridine rings is 1. The summed E-state index contributed by atoms with van der Waals surface area (Å²) in [5.41, 5.74) is 1.30. The normalized spacial score (nSPS) is 10.3. The molecule has 2 aromatic rings. The molecule has 0 unspecified atom stereocenters. The molecule has 1 heterocycles. The fraction of sp³-hybridized carbons (Fsp3) is 0. The fourth-order valence-corrected chi connectivity index (χ4v) is 1.54. The Bertz CT molecular complexity index is 482. The zero-order chi connectivity index (χ0) is 10.8. The van der Waals surface area contributed by atoms with Gasteiger partial charge in [-0.3, -0.25) is 4.98 Å². The van der Waals surface area contributed by atoms with Gasteiger partial charge in [0.2, 0.25) is 0 Å². The Morgan fingerprint density at radius 2 is 1.67 bits per heavy atom. The first-order valence-electron chi connectivity index (χ1n) is 4.27. The van der Waals surface area contributed by atoms with E-state index in [9.17, 15) is 5.11 Å². The zero-order valence-electron chi connectivity index (χ0n) is 7.61. The minimum Gasteiger partial charge on any atom is -0.506 e. The molecule has 2 rings (SSSR count). The van der Waals surface area contributed by atoms with Crippen molar-refractivity contribution in [2.24, 2.45) is 0 Å². The highest BCUT2D eigenvalue weighted by Gasteiger charge is 2.05.